The van der Waals surface area contributed by atoms with Crippen molar-refractivity contribution in [3.63, 3.8) is 0 Å². The highest BCUT2D eigenvalue weighted by Crippen LogP contribution is 2.25. The zero-order valence-corrected chi connectivity index (χ0v) is 17.2. The van der Waals surface area contributed by atoms with E-state index in [-0.39, 0.29) is 42.5 Å². The minimum absolute atomic E-state index is 0.143. The van der Waals surface area contributed by atoms with Crippen LogP contribution in [0.1, 0.15) is 17.7 Å². The Labute approximate surface area is 173 Å². The standard InChI is InChI=1S/C22H24N4O4/c1-14-8-10-19(30-3)17(12-14)25-21(28)13-26-18-7-5-4-6-15(18)24-16(22(26)29)9-11-20(27)23-2/h4-8,10,12H,9,11,13H2,1-3H3,(H,23,27)(H,25,28). The molecule has 0 bridgehead atoms. The molecule has 0 spiro atoms. The molecule has 0 saturated carbocycles. The number of hydrogen-bond acceptors (Lipinski definition) is 5. The molecule has 3 aromatic rings. The largest absolute Gasteiger partial charge is 0.495 e. The van der Waals surface area contributed by atoms with Crippen LogP contribution >= 0.6 is 0 Å². The van der Waals surface area contributed by atoms with Crippen molar-refractivity contribution in [1.82, 2.24) is 14.9 Å². The third kappa shape index (κ3) is 4.65. The lowest BCUT2D eigenvalue weighted by molar-refractivity contribution is -0.120. The molecule has 0 aliphatic heterocycles. The van der Waals surface area contributed by atoms with E-state index in [4.69, 9.17) is 4.74 Å². The molecule has 2 N–H and O–H groups in total. The van der Waals surface area contributed by atoms with Crippen molar-refractivity contribution < 1.29 is 14.3 Å². The van der Waals surface area contributed by atoms with E-state index in [9.17, 15) is 14.4 Å². The third-order valence-electron chi connectivity index (χ3n) is 4.72. The van der Waals surface area contributed by atoms with Gasteiger partial charge in [0.15, 0.2) is 0 Å². The Morgan fingerprint density at radius 1 is 1.13 bits per heavy atom. The number of nitrogens with one attached hydrogen (secondary N) is 2. The zero-order valence-electron chi connectivity index (χ0n) is 17.2. The zero-order chi connectivity index (χ0) is 21.7. The van der Waals surface area contributed by atoms with Gasteiger partial charge in [0.1, 0.15) is 18.0 Å². The van der Waals surface area contributed by atoms with Crippen molar-refractivity contribution >= 4 is 28.5 Å². The van der Waals surface area contributed by atoms with E-state index < -0.39 is 0 Å². The average molecular weight is 408 g/mol. The summed E-state index contributed by atoms with van der Waals surface area (Å²) >= 11 is 0. The van der Waals surface area contributed by atoms with Gasteiger partial charge in [0.05, 0.1) is 23.8 Å². The maximum Gasteiger partial charge on any atom is 0.273 e. The second-order valence-electron chi connectivity index (χ2n) is 6.86. The van der Waals surface area contributed by atoms with Gasteiger partial charge in [-0.25, -0.2) is 4.98 Å². The van der Waals surface area contributed by atoms with Crippen molar-refractivity contribution in [2.75, 3.05) is 19.5 Å². The van der Waals surface area contributed by atoms with Gasteiger partial charge in [0, 0.05) is 19.9 Å². The van der Waals surface area contributed by atoms with Gasteiger partial charge in [-0.3, -0.25) is 19.0 Å². The lowest BCUT2D eigenvalue weighted by Gasteiger charge is -2.14. The van der Waals surface area contributed by atoms with Crippen LogP contribution in [-0.4, -0.2) is 35.5 Å². The summed E-state index contributed by atoms with van der Waals surface area (Å²) in [6.45, 7) is 1.72. The molecule has 0 aliphatic rings. The molecule has 156 valence electrons. The minimum Gasteiger partial charge on any atom is -0.495 e. The fraction of sp³-hybridized carbons (Fsp3) is 0.273. The van der Waals surface area contributed by atoms with Gasteiger partial charge in [0.25, 0.3) is 5.56 Å². The van der Waals surface area contributed by atoms with Gasteiger partial charge in [-0.1, -0.05) is 18.2 Å². The molecule has 3 rings (SSSR count). The van der Waals surface area contributed by atoms with Gasteiger partial charge >= 0.3 is 0 Å². The molecule has 0 fully saturated rings. The molecule has 1 aromatic heterocycles. The third-order valence-corrected chi connectivity index (χ3v) is 4.72. The number of aromatic nitrogens is 2. The summed E-state index contributed by atoms with van der Waals surface area (Å²) in [4.78, 5) is 41.8. The van der Waals surface area contributed by atoms with Gasteiger partial charge in [-0.2, -0.15) is 0 Å². The van der Waals surface area contributed by atoms with E-state index >= 15 is 0 Å². The SMILES string of the molecule is CNC(=O)CCc1nc2ccccc2n(CC(=O)Nc2cc(C)ccc2OC)c1=O. The normalized spacial score (nSPS) is 10.6. The van der Waals surface area contributed by atoms with Crippen LogP contribution in [0.5, 0.6) is 5.75 Å². The number of benzene rings is 2. The van der Waals surface area contributed by atoms with Crippen molar-refractivity contribution in [3.05, 3.63) is 64.1 Å². The fourth-order valence-electron chi connectivity index (χ4n) is 3.17. The monoisotopic (exact) mass is 408 g/mol. The number of anilines is 1. The van der Waals surface area contributed by atoms with Gasteiger partial charge < -0.3 is 15.4 Å². The molecular formula is C22H24N4O4. The number of aryl methyl sites for hydroxylation is 2. The Morgan fingerprint density at radius 2 is 1.90 bits per heavy atom. The summed E-state index contributed by atoms with van der Waals surface area (Å²) in [5.41, 5.74) is 2.51. The molecule has 2 aromatic carbocycles. The van der Waals surface area contributed by atoms with E-state index in [2.05, 4.69) is 15.6 Å². The summed E-state index contributed by atoms with van der Waals surface area (Å²) < 4.78 is 6.69. The Kier molecular flexibility index (Phi) is 6.46. The van der Waals surface area contributed by atoms with Crippen molar-refractivity contribution in [3.8, 4) is 5.75 Å². The van der Waals surface area contributed by atoms with Crippen LogP contribution in [-0.2, 0) is 22.6 Å². The van der Waals surface area contributed by atoms with Crippen molar-refractivity contribution in [1.29, 1.82) is 0 Å². The van der Waals surface area contributed by atoms with Gasteiger partial charge in [-0.15, -0.1) is 0 Å². The quantitative estimate of drug-likeness (QED) is 0.623. The molecule has 2 amide bonds. The molecule has 0 radical (unpaired) electrons. The average Bonchev–Trinajstić information content (AvgIpc) is 2.74. The number of rotatable bonds is 7. The smallest absolute Gasteiger partial charge is 0.273 e. The maximum absolute atomic E-state index is 13.0. The highest BCUT2D eigenvalue weighted by atomic mass is 16.5. The molecule has 8 heteroatoms. The summed E-state index contributed by atoms with van der Waals surface area (Å²) in [7, 11) is 3.07. The van der Waals surface area contributed by atoms with Gasteiger partial charge in [0.2, 0.25) is 11.8 Å². The summed E-state index contributed by atoms with van der Waals surface area (Å²) in [6, 6.07) is 12.6. The van der Waals surface area contributed by atoms with Crippen LogP contribution in [0.4, 0.5) is 5.69 Å². The topological polar surface area (TPSA) is 102 Å². The number of carbonyl (C=O) groups is 2. The maximum atomic E-state index is 13.0. The van der Waals surface area contributed by atoms with Gasteiger partial charge in [-0.05, 0) is 36.8 Å². The highest BCUT2D eigenvalue weighted by molar-refractivity contribution is 5.93. The fourth-order valence-corrected chi connectivity index (χ4v) is 3.17. The summed E-state index contributed by atoms with van der Waals surface area (Å²) in [5, 5.41) is 5.34. The molecule has 0 atom stereocenters. The summed E-state index contributed by atoms with van der Waals surface area (Å²) in [5.74, 6) is -0.0121. The predicted molar refractivity (Wildman–Crippen MR) is 115 cm³/mol. The Balaban J connectivity index is 1.93. The van der Waals surface area contributed by atoms with Crippen LogP contribution in [0, 0.1) is 6.92 Å². The molecule has 0 aliphatic carbocycles. The van der Waals surface area contributed by atoms with E-state index in [1.54, 1.807) is 37.4 Å². The first-order valence-electron chi connectivity index (χ1n) is 9.56. The van der Waals surface area contributed by atoms with Crippen LogP contribution in [0.15, 0.2) is 47.3 Å². The van der Waals surface area contributed by atoms with E-state index in [1.807, 2.05) is 19.1 Å². The molecule has 1 heterocycles. The first-order valence-corrected chi connectivity index (χ1v) is 9.56. The molecule has 30 heavy (non-hydrogen) atoms. The first-order chi connectivity index (χ1) is 14.4. The Hall–Kier alpha value is -3.68. The first kappa shape index (κ1) is 21.0. The Morgan fingerprint density at radius 3 is 2.63 bits per heavy atom. The summed E-state index contributed by atoms with van der Waals surface area (Å²) in [6.07, 6.45) is 0.334. The number of para-hydroxylation sites is 2. The number of nitrogens with zero attached hydrogens (tertiary/aromatic N) is 2. The number of amides is 2. The minimum atomic E-state index is -0.385. The second-order valence-corrected chi connectivity index (χ2v) is 6.86. The number of hydrogen-bond donors (Lipinski definition) is 2. The second kappa shape index (κ2) is 9.21. The van der Waals surface area contributed by atoms with Crippen LogP contribution in [0.25, 0.3) is 11.0 Å². The highest BCUT2D eigenvalue weighted by Gasteiger charge is 2.16. The lowest BCUT2D eigenvalue weighted by atomic mass is 10.2. The Bertz CT molecular complexity index is 1150. The molecule has 8 nitrogen and oxygen atoms in total. The van der Waals surface area contributed by atoms with Crippen molar-refractivity contribution in [2.24, 2.45) is 0 Å². The van der Waals surface area contributed by atoms with Crippen LogP contribution in [0.3, 0.4) is 0 Å². The lowest BCUT2D eigenvalue weighted by Crippen LogP contribution is -2.31. The molecular weight excluding hydrogens is 384 g/mol. The number of carbonyl (C=O) groups excluding carboxylic acids is 2. The van der Waals surface area contributed by atoms with Crippen LogP contribution < -0.4 is 20.9 Å². The van der Waals surface area contributed by atoms with Crippen molar-refractivity contribution in [2.45, 2.75) is 26.3 Å². The molecule has 0 saturated heterocycles. The van der Waals surface area contributed by atoms with Crippen LogP contribution in [0.2, 0.25) is 0 Å². The molecule has 0 unspecified atom stereocenters. The number of fused-ring (bicyclic) bond motifs is 1. The van der Waals surface area contributed by atoms with E-state index in [0.717, 1.165) is 5.56 Å². The van der Waals surface area contributed by atoms with E-state index in [0.29, 0.717) is 22.5 Å². The number of ether oxygens (including phenoxy) is 1. The predicted octanol–water partition coefficient (Wildman–Crippen LogP) is 2.03. The number of methoxy groups -OCH3 is 1. The van der Waals surface area contributed by atoms with E-state index in [1.165, 1.54) is 11.7 Å².